The zero-order chi connectivity index (χ0) is 24.4. The molecule has 0 bridgehead atoms. The minimum Gasteiger partial charge on any atom is -0.367 e. The van der Waals surface area contributed by atoms with Crippen LogP contribution in [0.2, 0.25) is 10.0 Å². The van der Waals surface area contributed by atoms with Gasteiger partial charge in [0.25, 0.3) is 5.91 Å². The van der Waals surface area contributed by atoms with Gasteiger partial charge in [0.15, 0.2) is 0 Å². The molecule has 0 unspecified atom stereocenters. The smallest absolute Gasteiger partial charge is 0.257 e. The van der Waals surface area contributed by atoms with Crippen molar-refractivity contribution in [1.29, 1.82) is 0 Å². The summed E-state index contributed by atoms with van der Waals surface area (Å²) in [6.07, 6.45) is 0.528. The lowest BCUT2D eigenvalue weighted by Gasteiger charge is -2.36. The molecule has 0 aliphatic carbocycles. The van der Waals surface area contributed by atoms with Crippen LogP contribution in [0.5, 0.6) is 0 Å². The zero-order valence-corrected chi connectivity index (χ0v) is 20.6. The number of rotatable bonds is 5. The minimum atomic E-state index is -0.304. The lowest BCUT2D eigenvalue weighted by atomic mass is 9.98. The van der Waals surface area contributed by atoms with Gasteiger partial charge in [-0.3, -0.25) is 9.69 Å². The van der Waals surface area contributed by atoms with Gasteiger partial charge in [-0.15, -0.1) is 0 Å². The highest BCUT2D eigenvalue weighted by Gasteiger charge is 2.35. The van der Waals surface area contributed by atoms with Crippen LogP contribution in [0.15, 0.2) is 77.9 Å². The molecular weight excluding hydrogens is 486 g/mol. The Balaban J connectivity index is 1.33. The number of nitrogens with zero attached hydrogens (tertiary/aromatic N) is 4. The first kappa shape index (κ1) is 23.8. The number of piperazine rings is 1. The fourth-order valence-electron chi connectivity index (χ4n) is 4.70. The van der Waals surface area contributed by atoms with Crippen LogP contribution in [-0.2, 0) is 4.79 Å². The van der Waals surface area contributed by atoms with Gasteiger partial charge in [-0.1, -0.05) is 71.7 Å². The zero-order valence-electron chi connectivity index (χ0n) is 19.1. The summed E-state index contributed by atoms with van der Waals surface area (Å²) < 4.78 is 14.2. The molecule has 1 amide bonds. The van der Waals surface area contributed by atoms with E-state index in [0.29, 0.717) is 48.3 Å². The molecule has 1 fully saturated rings. The summed E-state index contributed by atoms with van der Waals surface area (Å²) in [7, 11) is 0. The largest absolute Gasteiger partial charge is 0.367 e. The van der Waals surface area contributed by atoms with Crippen molar-refractivity contribution in [3.8, 4) is 0 Å². The minimum absolute atomic E-state index is 0.101. The molecule has 0 radical (unpaired) electrons. The number of hydrazone groups is 1. The lowest BCUT2D eigenvalue weighted by Crippen LogP contribution is -2.49. The van der Waals surface area contributed by atoms with E-state index in [1.165, 1.54) is 6.07 Å². The van der Waals surface area contributed by atoms with Crippen LogP contribution in [0.4, 0.5) is 10.1 Å². The van der Waals surface area contributed by atoms with E-state index in [-0.39, 0.29) is 24.3 Å². The van der Waals surface area contributed by atoms with Gasteiger partial charge in [-0.2, -0.15) is 5.10 Å². The second-order valence-corrected chi connectivity index (χ2v) is 9.54. The fourth-order valence-corrected chi connectivity index (χ4v) is 5.21. The molecule has 0 saturated carbocycles. The van der Waals surface area contributed by atoms with Crippen molar-refractivity contribution in [3.63, 3.8) is 0 Å². The third-order valence-corrected chi connectivity index (χ3v) is 7.21. The molecule has 2 heterocycles. The Morgan fingerprint density at radius 1 is 0.886 bits per heavy atom. The predicted molar refractivity (Wildman–Crippen MR) is 139 cm³/mol. The average molecular weight is 511 g/mol. The maximum atomic E-state index is 14.2. The number of amides is 1. The van der Waals surface area contributed by atoms with Gasteiger partial charge in [0.05, 0.1) is 24.0 Å². The average Bonchev–Trinajstić information content (AvgIpc) is 3.31. The van der Waals surface area contributed by atoms with Crippen molar-refractivity contribution in [1.82, 2.24) is 9.91 Å². The summed E-state index contributed by atoms with van der Waals surface area (Å²) in [5.41, 5.74) is 3.04. The molecule has 2 aliphatic rings. The van der Waals surface area contributed by atoms with E-state index in [9.17, 15) is 9.18 Å². The summed E-state index contributed by atoms with van der Waals surface area (Å²) in [4.78, 5) is 17.6. The maximum Gasteiger partial charge on any atom is 0.257 e. The molecule has 1 atom stereocenters. The van der Waals surface area contributed by atoms with Crippen LogP contribution in [0, 0.1) is 5.82 Å². The molecule has 3 aromatic rings. The number of hydrogen-bond donors (Lipinski definition) is 0. The second-order valence-electron chi connectivity index (χ2n) is 8.72. The highest BCUT2D eigenvalue weighted by Crippen LogP contribution is 2.37. The molecule has 5 rings (SSSR count). The number of halogens is 3. The third-order valence-electron chi connectivity index (χ3n) is 6.54. The van der Waals surface area contributed by atoms with Crippen molar-refractivity contribution in [2.75, 3.05) is 37.6 Å². The Bertz CT molecular complexity index is 1260. The Labute approximate surface area is 214 Å². The number of anilines is 1. The van der Waals surface area contributed by atoms with Gasteiger partial charge >= 0.3 is 0 Å². The van der Waals surface area contributed by atoms with Gasteiger partial charge < -0.3 is 4.90 Å². The molecule has 0 N–H and O–H groups in total. The standard InChI is InChI=1S/C27H25Cl2FN4O/c28-21-9-3-1-7-19(21)24-17-26(20-8-2-4-10-22(20)29)34(31-24)27(35)18-32-13-15-33(16-14-32)25-12-6-5-11-23(25)30/h1-12,26H,13-18H2/t26-/m0/s1. The van der Waals surface area contributed by atoms with E-state index < -0.39 is 0 Å². The van der Waals surface area contributed by atoms with Gasteiger partial charge in [0.2, 0.25) is 0 Å². The Hall–Kier alpha value is -2.93. The monoisotopic (exact) mass is 510 g/mol. The Morgan fingerprint density at radius 3 is 2.26 bits per heavy atom. The number of para-hydroxylation sites is 1. The summed E-state index contributed by atoms with van der Waals surface area (Å²) in [5.74, 6) is -0.325. The molecule has 0 spiro atoms. The molecule has 3 aromatic carbocycles. The lowest BCUT2D eigenvalue weighted by molar-refractivity contribution is -0.134. The molecule has 0 aromatic heterocycles. The van der Waals surface area contributed by atoms with Gasteiger partial charge in [-0.25, -0.2) is 9.40 Å². The fraction of sp³-hybridized carbons (Fsp3) is 0.259. The predicted octanol–water partition coefficient (Wildman–Crippen LogP) is 5.63. The van der Waals surface area contributed by atoms with Crippen LogP contribution in [0.1, 0.15) is 23.6 Å². The Morgan fingerprint density at radius 2 is 1.54 bits per heavy atom. The van der Waals surface area contributed by atoms with Crippen molar-refractivity contribution in [2.45, 2.75) is 12.5 Å². The van der Waals surface area contributed by atoms with Crippen LogP contribution in [0.3, 0.4) is 0 Å². The molecule has 2 aliphatic heterocycles. The SMILES string of the molecule is O=C(CN1CCN(c2ccccc2F)CC1)N1N=C(c2ccccc2Cl)C[C@H]1c1ccccc1Cl. The first-order chi connectivity index (χ1) is 17.0. The number of benzene rings is 3. The molecule has 1 saturated heterocycles. The van der Waals surface area contributed by atoms with Crippen molar-refractivity contribution >= 4 is 40.5 Å². The summed E-state index contributed by atoms with van der Waals surface area (Å²) in [6.45, 7) is 2.84. The quantitative estimate of drug-likeness (QED) is 0.446. The van der Waals surface area contributed by atoms with Crippen LogP contribution >= 0.6 is 23.2 Å². The van der Waals surface area contributed by atoms with E-state index in [1.54, 1.807) is 17.1 Å². The molecule has 5 nitrogen and oxygen atoms in total. The molecular formula is C27H25Cl2FN4O. The van der Waals surface area contributed by atoms with E-state index in [0.717, 1.165) is 16.8 Å². The van der Waals surface area contributed by atoms with E-state index in [4.69, 9.17) is 28.3 Å². The van der Waals surface area contributed by atoms with Crippen LogP contribution < -0.4 is 4.90 Å². The van der Waals surface area contributed by atoms with E-state index in [2.05, 4.69) is 4.90 Å². The third kappa shape index (κ3) is 5.06. The van der Waals surface area contributed by atoms with Crippen LogP contribution in [-0.4, -0.2) is 54.3 Å². The maximum absolute atomic E-state index is 14.2. The highest BCUT2D eigenvalue weighted by molar-refractivity contribution is 6.34. The second kappa shape index (κ2) is 10.4. The first-order valence-corrected chi connectivity index (χ1v) is 12.4. The topological polar surface area (TPSA) is 39.2 Å². The Kier molecular flexibility index (Phi) is 7.04. The van der Waals surface area contributed by atoms with E-state index in [1.807, 2.05) is 59.5 Å². The van der Waals surface area contributed by atoms with Crippen LogP contribution in [0.25, 0.3) is 0 Å². The normalized spacial score (nSPS) is 18.6. The number of carbonyl (C=O) groups is 1. The van der Waals surface area contributed by atoms with Gasteiger partial charge in [0, 0.05) is 48.2 Å². The first-order valence-electron chi connectivity index (χ1n) is 11.6. The summed E-state index contributed by atoms with van der Waals surface area (Å²) in [6, 6.07) is 21.6. The number of hydrogen-bond acceptors (Lipinski definition) is 4. The summed E-state index contributed by atoms with van der Waals surface area (Å²) in [5, 5.41) is 7.49. The van der Waals surface area contributed by atoms with Gasteiger partial charge in [0.1, 0.15) is 5.82 Å². The molecule has 35 heavy (non-hydrogen) atoms. The molecule has 8 heteroatoms. The van der Waals surface area contributed by atoms with Crippen molar-refractivity contribution in [2.24, 2.45) is 5.10 Å². The van der Waals surface area contributed by atoms with Gasteiger partial charge in [-0.05, 0) is 29.8 Å². The summed E-state index contributed by atoms with van der Waals surface area (Å²) >= 11 is 13.0. The number of carbonyl (C=O) groups excluding carboxylic acids is 1. The van der Waals surface area contributed by atoms with E-state index >= 15 is 0 Å². The molecule has 180 valence electrons. The highest BCUT2D eigenvalue weighted by atomic mass is 35.5. The van der Waals surface area contributed by atoms with Crippen molar-refractivity contribution in [3.05, 3.63) is 99.8 Å². The van der Waals surface area contributed by atoms with Crippen molar-refractivity contribution < 1.29 is 9.18 Å².